The molecule has 216 valence electrons. The third kappa shape index (κ3) is 4.58. The highest BCUT2D eigenvalue weighted by molar-refractivity contribution is 6.03. The second-order valence-corrected chi connectivity index (χ2v) is 12.8. The molecule has 9 unspecified atom stereocenters. The van der Waals surface area contributed by atoms with Gasteiger partial charge in [0.25, 0.3) is 0 Å². The monoisotopic (exact) mass is 555 g/mol. The van der Waals surface area contributed by atoms with Gasteiger partial charge in [-0.2, -0.15) is 0 Å². The van der Waals surface area contributed by atoms with E-state index in [1.165, 1.54) is 0 Å². The van der Waals surface area contributed by atoms with Crippen LogP contribution in [0.5, 0.6) is 0 Å². The number of fused-ring (bicyclic) bond motifs is 1. The molecule has 7 nitrogen and oxygen atoms in total. The van der Waals surface area contributed by atoms with E-state index in [9.17, 15) is 14.4 Å². The third-order valence-electron chi connectivity index (χ3n) is 10.1. The molecule has 3 fully saturated rings. The normalized spacial score (nSPS) is 34.4. The van der Waals surface area contributed by atoms with Crippen molar-refractivity contribution in [2.24, 2.45) is 23.7 Å². The highest BCUT2D eigenvalue weighted by atomic mass is 16.5. The summed E-state index contributed by atoms with van der Waals surface area (Å²) in [6.07, 6.45) is 6.34. The van der Waals surface area contributed by atoms with E-state index in [2.05, 4.69) is 30.5 Å². The van der Waals surface area contributed by atoms with Gasteiger partial charge >= 0.3 is 0 Å². The first-order valence-corrected chi connectivity index (χ1v) is 15.0. The number of nitrogens with one attached hydrogen (secondary N) is 2. The molecule has 2 aromatic rings. The number of amides is 3. The van der Waals surface area contributed by atoms with Crippen LogP contribution in [-0.2, 0) is 19.1 Å². The summed E-state index contributed by atoms with van der Waals surface area (Å²) in [6, 6.07) is 14.4. The molecule has 3 amide bonds. The summed E-state index contributed by atoms with van der Waals surface area (Å²) in [5.41, 5.74) is 2.53. The highest BCUT2D eigenvalue weighted by Crippen LogP contribution is 2.56. The minimum atomic E-state index is -1.19. The molecule has 2 saturated heterocycles. The van der Waals surface area contributed by atoms with Crippen LogP contribution in [0.1, 0.15) is 62.8 Å². The molecule has 6 rings (SSSR count). The second-order valence-electron chi connectivity index (χ2n) is 12.8. The topological polar surface area (TPSA) is 87.7 Å². The summed E-state index contributed by atoms with van der Waals surface area (Å²) in [5.74, 6) is -1.33. The van der Waals surface area contributed by atoms with Crippen molar-refractivity contribution < 1.29 is 19.1 Å². The Morgan fingerprint density at radius 1 is 1.02 bits per heavy atom. The lowest BCUT2D eigenvalue weighted by molar-refractivity contribution is -0.144. The van der Waals surface area contributed by atoms with Crippen molar-refractivity contribution in [1.82, 2.24) is 10.2 Å². The van der Waals surface area contributed by atoms with Gasteiger partial charge in [-0.1, -0.05) is 75.2 Å². The molecule has 4 aliphatic rings. The second kappa shape index (κ2) is 10.4. The number of carbonyl (C=O) groups excluding carboxylic acids is 3. The molecule has 0 radical (unpaired) electrons. The van der Waals surface area contributed by atoms with Crippen LogP contribution < -0.4 is 10.6 Å². The molecule has 1 aliphatic carbocycles. The maximum atomic E-state index is 14.4. The van der Waals surface area contributed by atoms with Crippen LogP contribution in [0.3, 0.4) is 0 Å². The van der Waals surface area contributed by atoms with Crippen molar-refractivity contribution in [2.45, 2.75) is 83.7 Å². The Labute approximate surface area is 242 Å². The Morgan fingerprint density at radius 3 is 2.44 bits per heavy atom. The van der Waals surface area contributed by atoms with E-state index in [1.807, 2.05) is 75.4 Å². The van der Waals surface area contributed by atoms with Gasteiger partial charge in [0, 0.05) is 11.7 Å². The SMILES string of the molecule is Cc1cc(C)cc(NC(=O)C2C3C=CC4(O3)C2C(=O)N(C(C)c2ccccc2)C4C(=O)NC2CCCC(C)C2C)c1. The van der Waals surface area contributed by atoms with E-state index in [0.29, 0.717) is 17.5 Å². The smallest absolute Gasteiger partial charge is 0.246 e. The molecule has 0 aromatic heterocycles. The van der Waals surface area contributed by atoms with Crippen molar-refractivity contribution in [1.29, 1.82) is 0 Å². The van der Waals surface area contributed by atoms with Crippen LogP contribution >= 0.6 is 0 Å². The summed E-state index contributed by atoms with van der Waals surface area (Å²) >= 11 is 0. The minimum Gasteiger partial charge on any atom is -0.359 e. The van der Waals surface area contributed by atoms with Crippen LogP contribution in [0.4, 0.5) is 5.69 Å². The molecule has 1 saturated carbocycles. The number of rotatable bonds is 6. The standard InChI is InChI=1S/C34H41N3O4/c1-19-16-20(2)18-25(17-19)35-31(38)28-27-14-15-34(41-27)29(28)33(40)37(23(5)24-11-7-6-8-12-24)30(34)32(39)36-26-13-9-10-21(3)22(26)4/h6-8,11-12,14-18,21-23,26-30H,9-10,13H2,1-5H3,(H,35,38)(H,36,39). The molecule has 2 N–H and O–H groups in total. The van der Waals surface area contributed by atoms with Crippen molar-refractivity contribution >= 4 is 23.4 Å². The van der Waals surface area contributed by atoms with E-state index >= 15 is 0 Å². The molecule has 2 bridgehead atoms. The first-order valence-electron chi connectivity index (χ1n) is 15.0. The van der Waals surface area contributed by atoms with Gasteiger partial charge in [-0.3, -0.25) is 14.4 Å². The molecular formula is C34H41N3O4. The van der Waals surface area contributed by atoms with Crippen LogP contribution in [0, 0.1) is 37.5 Å². The molecule has 3 heterocycles. The van der Waals surface area contributed by atoms with Gasteiger partial charge in [-0.05, 0) is 67.9 Å². The van der Waals surface area contributed by atoms with Crippen LogP contribution in [-0.4, -0.2) is 46.4 Å². The van der Waals surface area contributed by atoms with Crippen molar-refractivity contribution in [3.8, 4) is 0 Å². The number of nitrogens with zero attached hydrogens (tertiary/aromatic N) is 1. The first-order chi connectivity index (χ1) is 19.6. The van der Waals surface area contributed by atoms with Gasteiger partial charge < -0.3 is 20.3 Å². The Bertz CT molecular complexity index is 1370. The predicted octanol–water partition coefficient (Wildman–Crippen LogP) is 5.09. The summed E-state index contributed by atoms with van der Waals surface area (Å²) in [4.78, 5) is 44.3. The minimum absolute atomic E-state index is 0.0388. The number of benzene rings is 2. The number of anilines is 1. The van der Waals surface area contributed by atoms with Gasteiger partial charge in [0.1, 0.15) is 11.6 Å². The lowest BCUT2D eigenvalue weighted by Gasteiger charge is -2.39. The van der Waals surface area contributed by atoms with Gasteiger partial charge in [-0.15, -0.1) is 0 Å². The Kier molecular flexibility index (Phi) is 7.05. The summed E-state index contributed by atoms with van der Waals surface area (Å²) in [7, 11) is 0. The fourth-order valence-corrected chi connectivity index (χ4v) is 7.84. The van der Waals surface area contributed by atoms with E-state index in [4.69, 9.17) is 4.74 Å². The number of likely N-dealkylation sites (tertiary alicyclic amines) is 1. The van der Waals surface area contributed by atoms with Crippen LogP contribution in [0.2, 0.25) is 0 Å². The maximum Gasteiger partial charge on any atom is 0.246 e. The maximum absolute atomic E-state index is 14.4. The van der Waals surface area contributed by atoms with E-state index in [0.717, 1.165) is 36.0 Å². The third-order valence-corrected chi connectivity index (χ3v) is 10.1. The van der Waals surface area contributed by atoms with Gasteiger partial charge in [-0.25, -0.2) is 0 Å². The predicted molar refractivity (Wildman–Crippen MR) is 158 cm³/mol. The fraction of sp³-hybridized carbons (Fsp3) is 0.500. The zero-order chi connectivity index (χ0) is 29.1. The van der Waals surface area contributed by atoms with Gasteiger partial charge in [0.2, 0.25) is 17.7 Å². The number of aryl methyl sites for hydroxylation is 2. The number of hydrogen-bond donors (Lipinski definition) is 2. The molecule has 41 heavy (non-hydrogen) atoms. The lowest BCUT2D eigenvalue weighted by Crippen LogP contribution is -2.58. The number of carbonyl (C=O) groups is 3. The van der Waals surface area contributed by atoms with Crippen molar-refractivity contribution in [3.63, 3.8) is 0 Å². The average molecular weight is 556 g/mol. The van der Waals surface area contributed by atoms with Gasteiger partial charge in [0.05, 0.1) is 24.0 Å². The van der Waals surface area contributed by atoms with Crippen molar-refractivity contribution in [3.05, 3.63) is 77.4 Å². The number of ether oxygens (including phenoxy) is 1. The molecule has 1 spiro atoms. The molecule has 7 heteroatoms. The van der Waals surface area contributed by atoms with E-state index < -0.39 is 29.6 Å². The van der Waals surface area contributed by atoms with E-state index in [1.54, 1.807) is 4.90 Å². The Hall–Kier alpha value is -3.45. The largest absolute Gasteiger partial charge is 0.359 e. The Balaban J connectivity index is 1.35. The quantitative estimate of drug-likeness (QED) is 0.486. The lowest BCUT2D eigenvalue weighted by atomic mass is 9.73. The summed E-state index contributed by atoms with van der Waals surface area (Å²) in [6.45, 7) is 10.4. The van der Waals surface area contributed by atoms with Crippen LogP contribution in [0.25, 0.3) is 0 Å². The highest BCUT2D eigenvalue weighted by Gasteiger charge is 2.73. The van der Waals surface area contributed by atoms with Gasteiger partial charge in [0.15, 0.2) is 0 Å². The van der Waals surface area contributed by atoms with E-state index in [-0.39, 0.29) is 29.8 Å². The zero-order valence-electron chi connectivity index (χ0n) is 24.6. The summed E-state index contributed by atoms with van der Waals surface area (Å²) in [5, 5.41) is 6.39. The molecule has 9 atom stereocenters. The average Bonchev–Trinajstić information content (AvgIpc) is 3.58. The molecule has 3 aliphatic heterocycles. The summed E-state index contributed by atoms with van der Waals surface area (Å²) < 4.78 is 6.57. The molecular weight excluding hydrogens is 514 g/mol. The fourth-order valence-electron chi connectivity index (χ4n) is 7.84. The zero-order valence-corrected chi connectivity index (χ0v) is 24.6. The first kappa shape index (κ1) is 27.7. The Morgan fingerprint density at radius 2 is 1.73 bits per heavy atom. The number of hydrogen-bond acceptors (Lipinski definition) is 4. The van der Waals surface area contributed by atoms with Crippen molar-refractivity contribution in [2.75, 3.05) is 5.32 Å². The molecule has 2 aromatic carbocycles. The van der Waals surface area contributed by atoms with Crippen LogP contribution in [0.15, 0.2) is 60.7 Å².